The van der Waals surface area contributed by atoms with Crippen LogP contribution in [0.1, 0.15) is 12.0 Å². The van der Waals surface area contributed by atoms with E-state index in [-0.39, 0.29) is 0 Å². The summed E-state index contributed by atoms with van der Waals surface area (Å²) in [5.41, 5.74) is 2.33. The maximum absolute atomic E-state index is 6.03. The van der Waals surface area contributed by atoms with Gasteiger partial charge in [-0.05, 0) is 42.8 Å². The smallest absolute Gasteiger partial charge is 0.143 e. The van der Waals surface area contributed by atoms with E-state index in [1.165, 1.54) is 12.1 Å². The Labute approximate surface area is 125 Å². The molecule has 1 aromatic heterocycles. The molecule has 2 heterocycles. The number of pyridine rings is 1. The van der Waals surface area contributed by atoms with Gasteiger partial charge in [-0.3, -0.25) is 4.98 Å². The Kier molecular flexibility index (Phi) is 4.69. The van der Waals surface area contributed by atoms with E-state index in [0.29, 0.717) is 6.61 Å². The molecule has 1 aliphatic heterocycles. The van der Waals surface area contributed by atoms with Crippen LogP contribution in [0.4, 0.5) is 5.69 Å². The van der Waals surface area contributed by atoms with Crippen molar-refractivity contribution in [2.75, 3.05) is 31.1 Å². The van der Waals surface area contributed by atoms with Crippen LogP contribution in [0, 0.1) is 0 Å². The number of nitrogens with one attached hydrogen (secondary N) is 1. The van der Waals surface area contributed by atoms with Crippen LogP contribution < -0.4 is 15.0 Å². The van der Waals surface area contributed by atoms with Crippen molar-refractivity contribution in [1.82, 2.24) is 10.3 Å². The number of para-hydroxylation sites is 2. The second-order valence-corrected chi connectivity index (χ2v) is 5.20. The van der Waals surface area contributed by atoms with Crippen LogP contribution >= 0.6 is 0 Å². The van der Waals surface area contributed by atoms with E-state index in [0.717, 1.165) is 37.5 Å². The van der Waals surface area contributed by atoms with Crippen LogP contribution in [0.3, 0.4) is 0 Å². The molecule has 4 nitrogen and oxygen atoms in total. The number of benzene rings is 1. The first kappa shape index (κ1) is 13.9. The monoisotopic (exact) mass is 283 g/mol. The molecule has 0 unspecified atom stereocenters. The summed E-state index contributed by atoms with van der Waals surface area (Å²) in [6.07, 6.45) is 4.76. The predicted molar refractivity (Wildman–Crippen MR) is 84.7 cm³/mol. The molecule has 1 N–H and O–H groups in total. The van der Waals surface area contributed by atoms with E-state index in [4.69, 9.17) is 4.74 Å². The third kappa shape index (κ3) is 3.73. The summed E-state index contributed by atoms with van der Waals surface area (Å²) in [4.78, 5) is 6.44. The number of ether oxygens (including phenoxy) is 1. The molecule has 3 rings (SSSR count). The Morgan fingerprint density at radius 2 is 1.90 bits per heavy atom. The summed E-state index contributed by atoms with van der Waals surface area (Å²) < 4.78 is 6.03. The fourth-order valence-electron chi connectivity index (χ4n) is 2.57. The second kappa shape index (κ2) is 7.09. The van der Waals surface area contributed by atoms with Gasteiger partial charge in [-0.1, -0.05) is 12.1 Å². The minimum Gasteiger partial charge on any atom is -0.487 e. The number of nitrogens with zero attached hydrogens (tertiary/aromatic N) is 2. The number of hydrogen-bond donors (Lipinski definition) is 1. The van der Waals surface area contributed by atoms with Gasteiger partial charge >= 0.3 is 0 Å². The van der Waals surface area contributed by atoms with Crippen molar-refractivity contribution in [1.29, 1.82) is 0 Å². The Morgan fingerprint density at radius 1 is 1.05 bits per heavy atom. The molecule has 110 valence electrons. The maximum Gasteiger partial charge on any atom is 0.143 e. The number of hydrogen-bond acceptors (Lipinski definition) is 4. The minimum absolute atomic E-state index is 0.575. The van der Waals surface area contributed by atoms with Crippen molar-refractivity contribution < 1.29 is 4.74 Å². The van der Waals surface area contributed by atoms with E-state index in [1.807, 2.05) is 18.2 Å². The quantitative estimate of drug-likeness (QED) is 0.935. The average Bonchev–Trinajstić information content (AvgIpc) is 2.83. The highest BCUT2D eigenvalue weighted by atomic mass is 16.5. The molecular formula is C17H21N3O. The van der Waals surface area contributed by atoms with Crippen molar-refractivity contribution in [3.05, 3.63) is 54.4 Å². The lowest BCUT2D eigenvalue weighted by Gasteiger charge is -2.24. The van der Waals surface area contributed by atoms with Crippen LogP contribution in [0.2, 0.25) is 0 Å². The SMILES string of the molecule is c1ccc(N2CCCNCC2)c(OCc2ccncc2)c1. The van der Waals surface area contributed by atoms with Crippen LogP contribution in [0.15, 0.2) is 48.8 Å². The number of anilines is 1. The molecule has 2 aromatic rings. The van der Waals surface area contributed by atoms with Crippen LogP contribution in [0.5, 0.6) is 5.75 Å². The second-order valence-electron chi connectivity index (χ2n) is 5.20. The standard InChI is InChI=1S/C17H21N3O/c1-2-5-17(21-14-15-6-9-19-10-7-15)16(4-1)20-12-3-8-18-11-13-20/h1-2,4-7,9-10,18H,3,8,11-14H2. The van der Waals surface area contributed by atoms with Gasteiger partial charge in [0.2, 0.25) is 0 Å². The summed E-state index contributed by atoms with van der Waals surface area (Å²) in [6, 6.07) is 12.3. The Balaban J connectivity index is 1.72. The largest absolute Gasteiger partial charge is 0.487 e. The van der Waals surface area contributed by atoms with Gasteiger partial charge in [0, 0.05) is 32.0 Å². The molecule has 1 aliphatic rings. The van der Waals surface area contributed by atoms with Gasteiger partial charge in [-0.15, -0.1) is 0 Å². The average molecular weight is 283 g/mol. The molecule has 0 atom stereocenters. The fourth-order valence-corrected chi connectivity index (χ4v) is 2.57. The molecular weight excluding hydrogens is 262 g/mol. The number of rotatable bonds is 4. The first-order valence-corrected chi connectivity index (χ1v) is 7.50. The Bertz CT molecular complexity index is 551. The minimum atomic E-state index is 0.575. The van der Waals surface area contributed by atoms with E-state index in [9.17, 15) is 0 Å². The van der Waals surface area contributed by atoms with E-state index >= 15 is 0 Å². The highest BCUT2D eigenvalue weighted by molar-refractivity contribution is 5.58. The van der Waals surface area contributed by atoms with Gasteiger partial charge in [0.25, 0.3) is 0 Å². The fraction of sp³-hybridized carbons (Fsp3) is 0.353. The highest BCUT2D eigenvalue weighted by Gasteiger charge is 2.13. The van der Waals surface area contributed by atoms with Gasteiger partial charge in [0.1, 0.15) is 12.4 Å². The molecule has 1 fully saturated rings. The molecule has 1 aromatic carbocycles. The van der Waals surface area contributed by atoms with Crippen molar-refractivity contribution in [2.45, 2.75) is 13.0 Å². The van der Waals surface area contributed by atoms with E-state index in [1.54, 1.807) is 12.4 Å². The van der Waals surface area contributed by atoms with Gasteiger partial charge in [-0.2, -0.15) is 0 Å². The molecule has 0 spiro atoms. The zero-order chi connectivity index (χ0) is 14.3. The molecule has 0 bridgehead atoms. The zero-order valence-corrected chi connectivity index (χ0v) is 12.2. The summed E-state index contributed by atoms with van der Waals surface area (Å²) in [5, 5.41) is 3.43. The lowest BCUT2D eigenvalue weighted by atomic mass is 10.2. The summed E-state index contributed by atoms with van der Waals surface area (Å²) in [7, 11) is 0. The van der Waals surface area contributed by atoms with Crippen LogP contribution in [-0.4, -0.2) is 31.2 Å². The molecule has 0 saturated carbocycles. The predicted octanol–water partition coefficient (Wildman–Crippen LogP) is 2.46. The lowest BCUT2D eigenvalue weighted by molar-refractivity contribution is 0.306. The molecule has 0 aliphatic carbocycles. The molecule has 21 heavy (non-hydrogen) atoms. The summed E-state index contributed by atoms with van der Waals surface area (Å²) >= 11 is 0. The lowest BCUT2D eigenvalue weighted by Crippen LogP contribution is -2.28. The molecule has 4 heteroatoms. The highest BCUT2D eigenvalue weighted by Crippen LogP contribution is 2.29. The first-order valence-electron chi connectivity index (χ1n) is 7.50. The van der Waals surface area contributed by atoms with Gasteiger partial charge in [-0.25, -0.2) is 0 Å². The molecule has 1 saturated heterocycles. The van der Waals surface area contributed by atoms with Crippen molar-refractivity contribution in [2.24, 2.45) is 0 Å². The summed E-state index contributed by atoms with van der Waals surface area (Å²) in [6.45, 7) is 4.79. The normalized spacial score (nSPS) is 15.5. The Morgan fingerprint density at radius 3 is 2.81 bits per heavy atom. The van der Waals surface area contributed by atoms with Crippen LogP contribution in [-0.2, 0) is 6.61 Å². The van der Waals surface area contributed by atoms with Crippen molar-refractivity contribution >= 4 is 5.69 Å². The van der Waals surface area contributed by atoms with E-state index < -0.39 is 0 Å². The molecule has 0 amide bonds. The van der Waals surface area contributed by atoms with Gasteiger partial charge < -0.3 is 15.0 Å². The van der Waals surface area contributed by atoms with Crippen molar-refractivity contribution in [3.8, 4) is 5.75 Å². The summed E-state index contributed by atoms with van der Waals surface area (Å²) in [5.74, 6) is 0.955. The third-order valence-corrected chi connectivity index (χ3v) is 3.69. The van der Waals surface area contributed by atoms with Gasteiger partial charge in [0.15, 0.2) is 0 Å². The maximum atomic E-state index is 6.03. The van der Waals surface area contributed by atoms with Crippen LogP contribution in [0.25, 0.3) is 0 Å². The Hall–Kier alpha value is -2.07. The van der Waals surface area contributed by atoms with Gasteiger partial charge in [0.05, 0.1) is 5.69 Å². The first-order chi connectivity index (χ1) is 10.4. The number of aromatic nitrogens is 1. The molecule has 0 radical (unpaired) electrons. The van der Waals surface area contributed by atoms with E-state index in [2.05, 4.69) is 33.4 Å². The third-order valence-electron chi connectivity index (χ3n) is 3.69. The van der Waals surface area contributed by atoms with Crippen molar-refractivity contribution in [3.63, 3.8) is 0 Å². The topological polar surface area (TPSA) is 37.4 Å². The zero-order valence-electron chi connectivity index (χ0n) is 12.2.